The Morgan fingerprint density at radius 2 is 1.95 bits per heavy atom. The molecule has 5 heteroatoms. The molecule has 1 atom stereocenters. The van der Waals surface area contributed by atoms with E-state index in [4.69, 9.17) is 10.5 Å². The number of anilines is 1. The number of hydrogen-bond donors (Lipinski definition) is 2. The van der Waals surface area contributed by atoms with Crippen LogP contribution in [0.25, 0.3) is 0 Å². The predicted molar refractivity (Wildman–Crippen MR) is 73.9 cm³/mol. The van der Waals surface area contributed by atoms with Crippen LogP contribution in [0.3, 0.4) is 0 Å². The minimum absolute atomic E-state index is 0.135. The topological polar surface area (TPSA) is 81.4 Å². The van der Waals surface area contributed by atoms with Crippen LogP contribution < -0.4 is 11.1 Å². The molecule has 0 spiro atoms. The van der Waals surface area contributed by atoms with E-state index in [0.29, 0.717) is 24.4 Å². The van der Waals surface area contributed by atoms with Gasteiger partial charge in [0.15, 0.2) is 0 Å². The molecule has 0 aliphatic rings. The van der Waals surface area contributed by atoms with Crippen LogP contribution in [-0.4, -0.2) is 25.0 Å². The Morgan fingerprint density at radius 3 is 2.47 bits per heavy atom. The molecule has 3 N–H and O–H groups in total. The highest BCUT2D eigenvalue weighted by Crippen LogP contribution is 2.11. The lowest BCUT2D eigenvalue weighted by Gasteiger charge is -2.10. The van der Waals surface area contributed by atoms with E-state index in [-0.39, 0.29) is 17.8 Å². The third kappa shape index (κ3) is 4.71. The standard InChI is InChI=1S/C14H20N2O3/c1-3-8-19-14(18)11-4-6-12(7-5-11)16-13(17)10(2)9-15/h4-7,10H,3,8-9,15H2,1-2H3,(H,16,17). The molecule has 0 saturated heterocycles. The Bertz CT molecular complexity index is 429. The van der Waals surface area contributed by atoms with Crippen molar-refractivity contribution in [3.8, 4) is 0 Å². The van der Waals surface area contributed by atoms with E-state index in [2.05, 4.69) is 5.32 Å². The molecule has 5 nitrogen and oxygen atoms in total. The van der Waals surface area contributed by atoms with Gasteiger partial charge in [-0.2, -0.15) is 0 Å². The van der Waals surface area contributed by atoms with Crippen LogP contribution in [-0.2, 0) is 9.53 Å². The highest BCUT2D eigenvalue weighted by molar-refractivity contribution is 5.94. The molecule has 0 saturated carbocycles. The molecule has 0 radical (unpaired) electrons. The molecule has 0 aliphatic carbocycles. The summed E-state index contributed by atoms with van der Waals surface area (Å²) in [5.41, 5.74) is 6.52. The van der Waals surface area contributed by atoms with Gasteiger partial charge in [-0.15, -0.1) is 0 Å². The summed E-state index contributed by atoms with van der Waals surface area (Å²) < 4.78 is 5.01. The number of ether oxygens (including phenoxy) is 1. The zero-order chi connectivity index (χ0) is 14.3. The predicted octanol–water partition coefficient (Wildman–Crippen LogP) is 1.79. The van der Waals surface area contributed by atoms with Gasteiger partial charge in [0.2, 0.25) is 5.91 Å². The van der Waals surface area contributed by atoms with E-state index >= 15 is 0 Å². The van der Waals surface area contributed by atoms with Gasteiger partial charge < -0.3 is 15.8 Å². The van der Waals surface area contributed by atoms with Crippen LogP contribution in [0.15, 0.2) is 24.3 Å². The van der Waals surface area contributed by atoms with Crippen LogP contribution in [0.2, 0.25) is 0 Å². The van der Waals surface area contributed by atoms with Crippen molar-refractivity contribution in [1.29, 1.82) is 0 Å². The molecule has 1 aromatic carbocycles. The minimum Gasteiger partial charge on any atom is -0.462 e. The molecule has 0 aromatic heterocycles. The minimum atomic E-state index is -0.352. The summed E-state index contributed by atoms with van der Waals surface area (Å²) in [7, 11) is 0. The number of rotatable bonds is 6. The summed E-state index contributed by atoms with van der Waals surface area (Å²) in [6.45, 7) is 4.40. The highest BCUT2D eigenvalue weighted by atomic mass is 16.5. The summed E-state index contributed by atoms with van der Waals surface area (Å²) in [5, 5.41) is 2.73. The highest BCUT2D eigenvalue weighted by Gasteiger charge is 2.11. The fourth-order valence-corrected chi connectivity index (χ4v) is 1.34. The van der Waals surface area contributed by atoms with E-state index in [1.807, 2.05) is 6.92 Å². The first-order valence-corrected chi connectivity index (χ1v) is 6.36. The maximum absolute atomic E-state index is 11.6. The second-order valence-electron chi connectivity index (χ2n) is 4.34. The van der Waals surface area contributed by atoms with Crippen molar-refractivity contribution in [2.45, 2.75) is 20.3 Å². The molecule has 1 rings (SSSR count). The molecule has 19 heavy (non-hydrogen) atoms. The summed E-state index contributed by atoms with van der Waals surface area (Å²) in [4.78, 5) is 23.2. The van der Waals surface area contributed by atoms with Crippen LogP contribution in [0.5, 0.6) is 0 Å². The van der Waals surface area contributed by atoms with Gasteiger partial charge in [0.05, 0.1) is 12.2 Å². The number of carbonyl (C=O) groups is 2. The third-order valence-corrected chi connectivity index (χ3v) is 2.63. The average molecular weight is 264 g/mol. The second-order valence-corrected chi connectivity index (χ2v) is 4.34. The number of carbonyl (C=O) groups excluding carboxylic acids is 2. The zero-order valence-corrected chi connectivity index (χ0v) is 11.3. The molecule has 1 aromatic rings. The maximum Gasteiger partial charge on any atom is 0.338 e. The number of amides is 1. The van der Waals surface area contributed by atoms with Crippen LogP contribution in [0, 0.1) is 5.92 Å². The van der Waals surface area contributed by atoms with E-state index in [9.17, 15) is 9.59 Å². The number of hydrogen-bond acceptors (Lipinski definition) is 4. The molecular weight excluding hydrogens is 244 g/mol. The smallest absolute Gasteiger partial charge is 0.338 e. The fourth-order valence-electron chi connectivity index (χ4n) is 1.34. The lowest BCUT2D eigenvalue weighted by atomic mass is 10.1. The number of nitrogens with two attached hydrogens (primary N) is 1. The van der Waals surface area contributed by atoms with E-state index in [1.54, 1.807) is 31.2 Å². The molecule has 0 heterocycles. The Labute approximate surface area is 113 Å². The van der Waals surface area contributed by atoms with Crippen molar-refractivity contribution >= 4 is 17.6 Å². The lowest BCUT2D eigenvalue weighted by molar-refractivity contribution is -0.119. The van der Waals surface area contributed by atoms with Gasteiger partial charge in [-0.3, -0.25) is 4.79 Å². The Morgan fingerprint density at radius 1 is 1.32 bits per heavy atom. The molecular formula is C14H20N2O3. The summed E-state index contributed by atoms with van der Waals surface area (Å²) in [5.74, 6) is -0.729. The summed E-state index contributed by atoms with van der Waals surface area (Å²) >= 11 is 0. The van der Waals surface area contributed by atoms with Gasteiger partial charge in [0, 0.05) is 18.2 Å². The molecule has 1 unspecified atom stereocenters. The van der Waals surface area contributed by atoms with Crippen molar-refractivity contribution in [3.05, 3.63) is 29.8 Å². The number of benzene rings is 1. The average Bonchev–Trinajstić information content (AvgIpc) is 2.44. The molecule has 1 amide bonds. The van der Waals surface area contributed by atoms with E-state index < -0.39 is 0 Å². The van der Waals surface area contributed by atoms with Crippen molar-refractivity contribution in [2.75, 3.05) is 18.5 Å². The Kier molecular flexibility index (Phi) is 6.02. The van der Waals surface area contributed by atoms with E-state index in [1.165, 1.54) is 0 Å². The first kappa shape index (κ1) is 15.2. The lowest BCUT2D eigenvalue weighted by Crippen LogP contribution is -2.26. The van der Waals surface area contributed by atoms with Crippen molar-refractivity contribution in [1.82, 2.24) is 0 Å². The van der Waals surface area contributed by atoms with Crippen LogP contribution in [0.1, 0.15) is 30.6 Å². The van der Waals surface area contributed by atoms with Crippen molar-refractivity contribution in [2.24, 2.45) is 11.7 Å². The summed E-state index contributed by atoms with van der Waals surface area (Å²) in [6, 6.07) is 6.59. The first-order valence-electron chi connectivity index (χ1n) is 6.36. The Hall–Kier alpha value is -1.88. The molecule has 0 aliphatic heterocycles. The normalized spacial score (nSPS) is 11.7. The van der Waals surface area contributed by atoms with Gasteiger partial charge in [-0.05, 0) is 30.7 Å². The van der Waals surface area contributed by atoms with Gasteiger partial charge in [-0.25, -0.2) is 4.79 Å². The summed E-state index contributed by atoms with van der Waals surface area (Å²) in [6.07, 6.45) is 0.789. The second kappa shape index (κ2) is 7.53. The first-order chi connectivity index (χ1) is 9.08. The number of esters is 1. The Balaban J connectivity index is 2.61. The largest absolute Gasteiger partial charge is 0.462 e. The quantitative estimate of drug-likeness (QED) is 0.767. The van der Waals surface area contributed by atoms with Gasteiger partial charge in [0.1, 0.15) is 0 Å². The van der Waals surface area contributed by atoms with Crippen molar-refractivity contribution < 1.29 is 14.3 Å². The molecule has 0 fully saturated rings. The fraction of sp³-hybridized carbons (Fsp3) is 0.429. The SMILES string of the molecule is CCCOC(=O)c1ccc(NC(=O)C(C)CN)cc1. The molecule has 104 valence electrons. The monoisotopic (exact) mass is 264 g/mol. The van der Waals surface area contributed by atoms with E-state index in [0.717, 1.165) is 6.42 Å². The van der Waals surface area contributed by atoms with Gasteiger partial charge in [0.25, 0.3) is 0 Å². The third-order valence-electron chi connectivity index (χ3n) is 2.63. The van der Waals surface area contributed by atoms with Crippen LogP contribution in [0.4, 0.5) is 5.69 Å². The maximum atomic E-state index is 11.6. The van der Waals surface area contributed by atoms with Crippen molar-refractivity contribution in [3.63, 3.8) is 0 Å². The van der Waals surface area contributed by atoms with Gasteiger partial charge >= 0.3 is 5.97 Å². The van der Waals surface area contributed by atoms with Crippen LogP contribution >= 0.6 is 0 Å². The molecule has 0 bridgehead atoms. The number of nitrogens with one attached hydrogen (secondary N) is 1. The zero-order valence-electron chi connectivity index (χ0n) is 11.3. The van der Waals surface area contributed by atoms with Gasteiger partial charge in [-0.1, -0.05) is 13.8 Å².